The maximum Gasteiger partial charge on any atom is 0.254 e. The van der Waals surface area contributed by atoms with Gasteiger partial charge in [0, 0.05) is 37.8 Å². The molecule has 2 fully saturated rings. The average molecular weight is 301 g/mol. The third-order valence-electron chi connectivity index (χ3n) is 5.18. The van der Waals surface area contributed by atoms with Crippen LogP contribution in [0.4, 0.5) is 0 Å². The highest BCUT2D eigenvalue weighted by Crippen LogP contribution is 2.19. The zero-order chi connectivity index (χ0) is 15.5. The van der Waals surface area contributed by atoms with E-state index in [1.807, 2.05) is 36.1 Å². The van der Waals surface area contributed by atoms with Gasteiger partial charge in [-0.15, -0.1) is 0 Å². The van der Waals surface area contributed by atoms with E-state index in [4.69, 9.17) is 0 Å². The van der Waals surface area contributed by atoms with Gasteiger partial charge in [0.15, 0.2) is 0 Å². The fraction of sp³-hybridized carbons (Fsp3) is 0.611. The van der Waals surface area contributed by atoms with Crippen LogP contribution in [0.1, 0.15) is 28.8 Å². The average Bonchev–Trinajstić information content (AvgIpc) is 2.56. The van der Waals surface area contributed by atoms with E-state index in [0.29, 0.717) is 6.04 Å². The van der Waals surface area contributed by atoms with Crippen LogP contribution in [0.5, 0.6) is 0 Å². The van der Waals surface area contributed by atoms with E-state index in [9.17, 15) is 4.79 Å². The Balaban J connectivity index is 1.55. The van der Waals surface area contributed by atoms with Gasteiger partial charge in [-0.3, -0.25) is 9.69 Å². The fourth-order valence-corrected chi connectivity index (χ4v) is 3.63. The van der Waals surface area contributed by atoms with E-state index >= 15 is 0 Å². The smallest absolute Gasteiger partial charge is 0.254 e. The lowest BCUT2D eigenvalue weighted by Crippen LogP contribution is -2.54. The normalized spacial score (nSPS) is 22.0. The van der Waals surface area contributed by atoms with Crippen LogP contribution >= 0.6 is 0 Å². The molecule has 0 aromatic heterocycles. The molecule has 4 heteroatoms. The van der Waals surface area contributed by atoms with Gasteiger partial charge in [0.25, 0.3) is 5.91 Å². The van der Waals surface area contributed by atoms with Crippen molar-refractivity contribution in [1.29, 1.82) is 0 Å². The Kier molecular flexibility index (Phi) is 4.79. The van der Waals surface area contributed by atoms with Gasteiger partial charge in [-0.1, -0.05) is 18.2 Å². The summed E-state index contributed by atoms with van der Waals surface area (Å²) in [5.41, 5.74) is 1.93. The number of amides is 1. The third kappa shape index (κ3) is 3.33. The van der Waals surface area contributed by atoms with Crippen LogP contribution in [0.2, 0.25) is 0 Å². The molecule has 2 aliphatic heterocycles. The molecule has 1 aromatic carbocycles. The molecule has 0 atom stereocenters. The highest BCUT2D eigenvalue weighted by Gasteiger charge is 2.28. The summed E-state index contributed by atoms with van der Waals surface area (Å²) in [6.07, 6.45) is 2.53. The molecule has 120 valence electrons. The topological polar surface area (TPSA) is 26.8 Å². The summed E-state index contributed by atoms with van der Waals surface area (Å²) in [7, 11) is 2.20. The van der Waals surface area contributed by atoms with Crippen molar-refractivity contribution in [3.8, 4) is 0 Å². The first-order chi connectivity index (χ1) is 10.6. The number of benzene rings is 1. The van der Waals surface area contributed by atoms with Crippen molar-refractivity contribution in [2.24, 2.45) is 0 Å². The first-order valence-electron chi connectivity index (χ1n) is 8.42. The van der Waals surface area contributed by atoms with Crippen LogP contribution in [0, 0.1) is 6.92 Å². The van der Waals surface area contributed by atoms with Crippen molar-refractivity contribution in [3.05, 3.63) is 35.4 Å². The lowest BCUT2D eigenvalue weighted by Gasteiger charge is -2.42. The lowest BCUT2D eigenvalue weighted by atomic mass is 10.0. The third-order valence-corrected chi connectivity index (χ3v) is 5.18. The van der Waals surface area contributed by atoms with Crippen LogP contribution in [-0.2, 0) is 0 Å². The molecular formula is C18H27N3O. The first-order valence-corrected chi connectivity index (χ1v) is 8.42. The van der Waals surface area contributed by atoms with Crippen molar-refractivity contribution in [2.75, 3.05) is 46.3 Å². The number of hydrogen-bond acceptors (Lipinski definition) is 3. The Morgan fingerprint density at radius 2 is 1.64 bits per heavy atom. The minimum absolute atomic E-state index is 0.195. The van der Waals surface area contributed by atoms with Crippen LogP contribution in [-0.4, -0.2) is 73.0 Å². The highest BCUT2D eigenvalue weighted by molar-refractivity contribution is 5.95. The molecule has 22 heavy (non-hydrogen) atoms. The molecule has 4 nitrogen and oxygen atoms in total. The summed E-state index contributed by atoms with van der Waals surface area (Å²) in [4.78, 5) is 19.7. The zero-order valence-corrected chi connectivity index (χ0v) is 13.8. The van der Waals surface area contributed by atoms with Crippen molar-refractivity contribution in [3.63, 3.8) is 0 Å². The van der Waals surface area contributed by atoms with E-state index in [-0.39, 0.29) is 5.91 Å². The van der Waals surface area contributed by atoms with Crippen molar-refractivity contribution in [2.45, 2.75) is 25.8 Å². The van der Waals surface area contributed by atoms with Gasteiger partial charge in [0.05, 0.1) is 0 Å². The molecule has 2 saturated heterocycles. The van der Waals surface area contributed by atoms with E-state index in [2.05, 4.69) is 16.8 Å². The number of piperidine rings is 1. The first kappa shape index (κ1) is 15.5. The number of piperazine rings is 1. The molecular weight excluding hydrogens is 274 g/mol. The summed E-state index contributed by atoms with van der Waals surface area (Å²) in [5.74, 6) is 0.195. The molecule has 0 saturated carbocycles. The van der Waals surface area contributed by atoms with Crippen LogP contribution < -0.4 is 0 Å². The van der Waals surface area contributed by atoms with Crippen molar-refractivity contribution < 1.29 is 4.79 Å². The summed E-state index contributed by atoms with van der Waals surface area (Å²) in [6, 6.07) is 8.62. The predicted molar refractivity (Wildman–Crippen MR) is 89.2 cm³/mol. The Morgan fingerprint density at radius 1 is 1.00 bits per heavy atom. The van der Waals surface area contributed by atoms with Gasteiger partial charge in [0.2, 0.25) is 0 Å². The maximum absolute atomic E-state index is 12.6. The van der Waals surface area contributed by atoms with E-state index in [1.54, 1.807) is 0 Å². The molecule has 0 unspecified atom stereocenters. The summed E-state index contributed by atoms with van der Waals surface area (Å²) in [6.45, 7) is 8.18. The second kappa shape index (κ2) is 6.80. The maximum atomic E-state index is 12.6. The summed E-state index contributed by atoms with van der Waals surface area (Å²) >= 11 is 0. The molecule has 2 aliphatic rings. The molecule has 0 N–H and O–H groups in total. The number of carbonyl (C=O) groups excluding carboxylic acids is 1. The van der Waals surface area contributed by atoms with Crippen molar-refractivity contribution in [1.82, 2.24) is 14.7 Å². The molecule has 2 heterocycles. The van der Waals surface area contributed by atoms with Gasteiger partial charge in [-0.25, -0.2) is 0 Å². The number of carbonyl (C=O) groups is 1. The Bertz CT molecular complexity index is 515. The van der Waals surface area contributed by atoms with Gasteiger partial charge >= 0.3 is 0 Å². The Morgan fingerprint density at radius 3 is 2.27 bits per heavy atom. The molecule has 1 aromatic rings. The van der Waals surface area contributed by atoms with Gasteiger partial charge in [0.1, 0.15) is 0 Å². The zero-order valence-electron chi connectivity index (χ0n) is 13.8. The number of rotatable bonds is 2. The Hall–Kier alpha value is -1.39. The van der Waals surface area contributed by atoms with Gasteiger partial charge in [-0.05, 0) is 51.5 Å². The number of aryl methyl sites for hydroxylation is 1. The fourth-order valence-electron chi connectivity index (χ4n) is 3.63. The number of nitrogens with zero attached hydrogens (tertiary/aromatic N) is 3. The summed E-state index contributed by atoms with van der Waals surface area (Å²) in [5, 5.41) is 0. The summed E-state index contributed by atoms with van der Waals surface area (Å²) < 4.78 is 0. The molecule has 1 amide bonds. The van der Waals surface area contributed by atoms with Crippen LogP contribution in [0.15, 0.2) is 24.3 Å². The minimum Gasteiger partial charge on any atom is -0.336 e. The van der Waals surface area contributed by atoms with Crippen LogP contribution in [0.25, 0.3) is 0 Å². The van der Waals surface area contributed by atoms with Gasteiger partial charge in [-0.2, -0.15) is 0 Å². The molecule has 3 rings (SSSR count). The number of hydrogen-bond donors (Lipinski definition) is 0. The SMILES string of the molecule is Cc1ccccc1C(=O)N1CCN(C2CCN(C)CC2)CC1. The van der Waals surface area contributed by atoms with E-state index in [0.717, 1.165) is 37.3 Å². The Labute approximate surface area is 133 Å². The molecule has 0 spiro atoms. The molecule has 0 bridgehead atoms. The second-order valence-corrected chi connectivity index (χ2v) is 6.68. The monoisotopic (exact) mass is 301 g/mol. The van der Waals surface area contributed by atoms with Crippen LogP contribution in [0.3, 0.4) is 0 Å². The molecule has 0 radical (unpaired) electrons. The van der Waals surface area contributed by atoms with E-state index < -0.39 is 0 Å². The minimum atomic E-state index is 0.195. The lowest BCUT2D eigenvalue weighted by molar-refractivity contribution is 0.0474. The second-order valence-electron chi connectivity index (χ2n) is 6.68. The largest absolute Gasteiger partial charge is 0.336 e. The van der Waals surface area contributed by atoms with Gasteiger partial charge < -0.3 is 9.80 Å². The molecule has 0 aliphatic carbocycles. The van der Waals surface area contributed by atoms with E-state index in [1.165, 1.54) is 25.9 Å². The predicted octanol–water partition coefficient (Wildman–Crippen LogP) is 1.85. The standard InChI is InChI=1S/C18H27N3O/c1-15-5-3-4-6-17(15)18(22)21-13-11-20(12-14-21)16-7-9-19(2)10-8-16/h3-6,16H,7-14H2,1-2H3. The quantitative estimate of drug-likeness (QED) is 0.834. The highest BCUT2D eigenvalue weighted by atomic mass is 16.2. The number of likely N-dealkylation sites (tertiary alicyclic amines) is 1. The van der Waals surface area contributed by atoms with Crippen molar-refractivity contribution >= 4 is 5.91 Å².